The van der Waals surface area contributed by atoms with E-state index in [1.165, 1.54) is 31.2 Å². The molecule has 0 aliphatic heterocycles. The molecule has 0 amide bonds. The van der Waals surface area contributed by atoms with Gasteiger partial charge in [0.2, 0.25) is 0 Å². The second-order valence-electron chi connectivity index (χ2n) is 5.80. The van der Waals surface area contributed by atoms with Gasteiger partial charge in [-0.1, -0.05) is 37.1 Å². The van der Waals surface area contributed by atoms with E-state index in [0.717, 1.165) is 17.7 Å². The third-order valence-electron chi connectivity index (χ3n) is 3.89. The van der Waals surface area contributed by atoms with Crippen molar-refractivity contribution >= 4 is 5.78 Å². The van der Waals surface area contributed by atoms with Gasteiger partial charge in [0.05, 0.1) is 6.54 Å². The molecule has 1 fully saturated rings. The highest BCUT2D eigenvalue weighted by Gasteiger charge is 2.30. The first kappa shape index (κ1) is 14.3. The highest BCUT2D eigenvalue weighted by molar-refractivity contribution is 5.99. The van der Waals surface area contributed by atoms with Crippen LogP contribution in [0.25, 0.3) is 0 Å². The van der Waals surface area contributed by atoms with Crippen molar-refractivity contribution in [3.8, 4) is 0 Å². The molecule has 1 aromatic carbocycles. The second-order valence-corrected chi connectivity index (χ2v) is 5.80. The van der Waals surface area contributed by atoms with Gasteiger partial charge in [0.15, 0.2) is 5.78 Å². The lowest BCUT2D eigenvalue weighted by molar-refractivity contribution is 0.0923. The van der Waals surface area contributed by atoms with Gasteiger partial charge < -0.3 is 0 Å². The fourth-order valence-corrected chi connectivity index (χ4v) is 2.59. The van der Waals surface area contributed by atoms with E-state index in [-0.39, 0.29) is 5.78 Å². The number of carbonyl (C=O) groups excluding carboxylic acids is 1. The number of nitrogens with zero attached hydrogens (tertiary/aromatic N) is 1. The molecule has 2 heteroatoms. The van der Waals surface area contributed by atoms with Gasteiger partial charge in [-0.05, 0) is 45.2 Å². The number of aryl methyl sites for hydroxylation is 2. The number of rotatable bonds is 7. The molecular weight excluding hydrogens is 234 g/mol. The lowest BCUT2D eigenvalue weighted by atomic mass is 10.0. The first-order valence-electron chi connectivity index (χ1n) is 7.46. The Morgan fingerprint density at radius 1 is 1.32 bits per heavy atom. The summed E-state index contributed by atoms with van der Waals surface area (Å²) < 4.78 is 0. The molecule has 19 heavy (non-hydrogen) atoms. The van der Waals surface area contributed by atoms with Crippen LogP contribution >= 0.6 is 0 Å². The van der Waals surface area contributed by atoms with E-state index in [9.17, 15) is 4.79 Å². The molecule has 0 bridgehead atoms. The minimum atomic E-state index is 0.278. The van der Waals surface area contributed by atoms with Crippen LogP contribution < -0.4 is 0 Å². The molecule has 2 rings (SSSR count). The summed E-state index contributed by atoms with van der Waals surface area (Å²) in [5.74, 6) is 0.278. The fourth-order valence-electron chi connectivity index (χ4n) is 2.59. The molecular formula is C17H25NO. The van der Waals surface area contributed by atoms with Crippen molar-refractivity contribution in [3.05, 3.63) is 34.9 Å². The average molecular weight is 259 g/mol. The average Bonchev–Trinajstić information content (AvgIpc) is 3.18. The van der Waals surface area contributed by atoms with Crippen LogP contribution in [0.4, 0.5) is 0 Å². The molecule has 0 N–H and O–H groups in total. The Hall–Kier alpha value is -1.15. The van der Waals surface area contributed by atoms with Crippen LogP contribution in [-0.4, -0.2) is 29.8 Å². The van der Waals surface area contributed by atoms with Crippen molar-refractivity contribution in [2.45, 2.75) is 52.5 Å². The van der Waals surface area contributed by atoms with E-state index < -0.39 is 0 Å². The zero-order valence-electron chi connectivity index (χ0n) is 12.4. The van der Waals surface area contributed by atoms with Gasteiger partial charge in [-0.25, -0.2) is 0 Å². The zero-order valence-corrected chi connectivity index (χ0v) is 12.4. The third kappa shape index (κ3) is 3.90. The lowest BCUT2D eigenvalue weighted by Gasteiger charge is -2.21. The van der Waals surface area contributed by atoms with Crippen LogP contribution in [0.1, 0.15) is 54.1 Å². The van der Waals surface area contributed by atoms with Crippen LogP contribution in [0.15, 0.2) is 18.2 Å². The van der Waals surface area contributed by atoms with E-state index in [1.54, 1.807) is 0 Å². The summed E-state index contributed by atoms with van der Waals surface area (Å²) in [6, 6.07) is 6.79. The number of ketones is 1. The van der Waals surface area contributed by atoms with Crippen LogP contribution in [-0.2, 0) is 0 Å². The van der Waals surface area contributed by atoms with Crippen molar-refractivity contribution in [1.82, 2.24) is 4.90 Å². The Bertz CT molecular complexity index is 449. The number of hydrogen-bond donors (Lipinski definition) is 0. The standard InChI is InChI=1S/C17H25NO/c1-4-5-10-18(15-7-8-15)12-17(19)16-9-6-13(2)11-14(16)3/h6,9,11,15H,4-5,7-8,10,12H2,1-3H3. The molecule has 0 radical (unpaired) electrons. The molecule has 1 aromatic rings. The first-order valence-corrected chi connectivity index (χ1v) is 7.46. The van der Waals surface area contributed by atoms with Crippen molar-refractivity contribution in [2.24, 2.45) is 0 Å². The maximum absolute atomic E-state index is 12.4. The van der Waals surface area contributed by atoms with Gasteiger partial charge in [-0.3, -0.25) is 9.69 Å². The normalized spacial score (nSPS) is 14.9. The van der Waals surface area contributed by atoms with Gasteiger partial charge in [0.1, 0.15) is 0 Å². The Morgan fingerprint density at radius 3 is 2.63 bits per heavy atom. The summed E-state index contributed by atoms with van der Waals surface area (Å²) >= 11 is 0. The van der Waals surface area contributed by atoms with Crippen molar-refractivity contribution in [3.63, 3.8) is 0 Å². The van der Waals surface area contributed by atoms with Gasteiger partial charge in [-0.15, -0.1) is 0 Å². The predicted octanol–water partition coefficient (Wildman–Crippen LogP) is 3.75. The Labute approximate surface area is 116 Å². The summed E-state index contributed by atoms with van der Waals surface area (Å²) in [6.07, 6.45) is 4.92. The molecule has 0 unspecified atom stereocenters. The maximum Gasteiger partial charge on any atom is 0.177 e. The molecule has 1 saturated carbocycles. The predicted molar refractivity (Wildman–Crippen MR) is 79.7 cm³/mol. The van der Waals surface area contributed by atoms with Crippen LogP contribution in [0, 0.1) is 13.8 Å². The summed E-state index contributed by atoms with van der Waals surface area (Å²) in [7, 11) is 0. The smallest absolute Gasteiger partial charge is 0.177 e. The molecule has 104 valence electrons. The summed E-state index contributed by atoms with van der Waals surface area (Å²) in [4.78, 5) is 14.8. The first-order chi connectivity index (χ1) is 9.11. The van der Waals surface area contributed by atoms with Crippen molar-refractivity contribution in [1.29, 1.82) is 0 Å². The molecule has 1 aliphatic rings. The molecule has 1 aliphatic carbocycles. The molecule has 0 saturated heterocycles. The minimum Gasteiger partial charge on any atom is -0.293 e. The maximum atomic E-state index is 12.4. The summed E-state index contributed by atoms with van der Waals surface area (Å²) in [6.45, 7) is 7.97. The van der Waals surface area contributed by atoms with E-state index in [2.05, 4.69) is 24.8 Å². The second kappa shape index (κ2) is 6.33. The van der Waals surface area contributed by atoms with Gasteiger partial charge in [-0.2, -0.15) is 0 Å². The van der Waals surface area contributed by atoms with Crippen LogP contribution in [0.3, 0.4) is 0 Å². The van der Waals surface area contributed by atoms with E-state index in [1.807, 2.05) is 19.1 Å². The topological polar surface area (TPSA) is 20.3 Å². The van der Waals surface area contributed by atoms with Gasteiger partial charge in [0, 0.05) is 11.6 Å². The third-order valence-corrected chi connectivity index (χ3v) is 3.89. The SMILES string of the molecule is CCCCN(CC(=O)c1ccc(C)cc1C)C1CC1. The molecule has 0 heterocycles. The number of benzene rings is 1. The monoisotopic (exact) mass is 259 g/mol. The number of carbonyl (C=O) groups is 1. The lowest BCUT2D eigenvalue weighted by Crippen LogP contribution is -2.33. The largest absolute Gasteiger partial charge is 0.293 e. The number of unbranched alkanes of at least 4 members (excludes halogenated alkanes) is 1. The Balaban J connectivity index is 2.01. The Kier molecular flexibility index (Phi) is 4.76. The van der Waals surface area contributed by atoms with Gasteiger partial charge >= 0.3 is 0 Å². The fraction of sp³-hybridized carbons (Fsp3) is 0.588. The zero-order chi connectivity index (χ0) is 13.8. The molecule has 0 aromatic heterocycles. The highest BCUT2D eigenvalue weighted by Crippen LogP contribution is 2.27. The van der Waals surface area contributed by atoms with Crippen molar-refractivity contribution in [2.75, 3.05) is 13.1 Å². The minimum absolute atomic E-state index is 0.278. The van der Waals surface area contributed by atoms with Crippen molar-refractivity contribution < 1.29 is 4.79 Å². The molecule has 0 spiro atoms. The van der Waals surface area contributed by atoms with E-state index >= 15 is 0 Å². The van der Waals surface area contributed by atoms with E-state index in [0.29, 0.717) is 12.6 Å². The quantitative estimate of drug-likeness (QED) is 0.695. The molecule has 2 nitrogen and oxygen atoms in total. The van der Waals surface area contributed by atoms with Crippen LogP contribution in [0.5, 0.6) is 0 Å². The Morgan fingerprint density at radius 2 is 2.05 bits per heavy atom. The van der Waals surface area contributed by atoms with Crippen LogP contribution in [0.2, 0.25) is 0 Å². The summed E-state index contributed by atoms with van der Waals surface area (Å²) in [5.41, 5.74) is 3.23. The number of hydrogen-bond acceptors (Lipinski definition) is 2. The number of Topliss-reactive ketones (excluding diaryl/α,β-unsaturated/α-hetero) is 1. The highest BCUT2D eigenvalue weighted by atomic mass is 16.1. The summed E-state index contributed by atoms with van der Waals surface area (Å²) in [5, 5.41) is 0. The molecule has 0 atom stereocenters. The van der Waals surface area contributed by atoms with Gasteiger partial charge in [0.25, 0.3) is 0 Å². The van der Waals surface area contributed by atoms with E-state index in [4.69, 9.17) is 0 Å².